The average Bonchev–Trinajstić information content (AvgIpc) is 3.21. The summed E-state index contributed by atoms with van der Waals surface area (Å²) in [6, 6.07) is 12.2. The number of aliphatic hydroxyl groups excluding tert-OH is 1. The lowest BCUT2D eigenvalue weighted by Gasteiger charge is -2.34. The van der Waals surface area contributed by atoms with Gasteiger partial charge in [0, 0.05) is 29.4 Å². The molecule has 134 valence electrons. The number of thiophene rings is 1. The van der Waals surface area contributed by atoms with Crippen LogP contribution in [0.5, 0.6) is 0 Å². The number of amides is 2. The topological polar surface area (TPSA) is 52.6 Å². The van der Waals surface area contributed by atoms with Crippen molar-refractivity contribution in [1.29, 1.82) is 0 Å². The quantitative estimate of drug-likeness (QED) is 0.772. The lowest BCUT2D eigenvalue weighted by Crippen LogP contribution is -2.44. The summed E-state index contributed by atoms with van der Waals surface area (Å²) in [4.78, 5) is 16.5. The van der Waals surface area contributed by atoms with Gasteiger partial charge in [0.05, 0.1) is 6.10 Å². The highest BCUT2D eigenvalue weighted by atomic mass is 32.2. The van der Waals surface area contributed by atoms with Crippen LogP contribution in [0, 0.1) is 5.92 Å². The van der Waals surface area contributed by atoms with Gasteiger partial charge in [0.25, 0.3) is 0 Å². The van der Waals surface area contributed by atoms with E-state index in [0.717, 1.165) is 23.3 Å². The van der Waals surface area contributed by atoms with E-state index in [1.807, 2.05) is 22.4 Å². The number of piperidine rings is 1. The first-order valence-electron chi connectivity index (χ1n) is 8.54. The molecule has 6 heteroatoms. The Hall–Kier alpha value is -1.50. The van der Waals surface area contributed by atoms with Crippen LogP contribution >= 0.6 is 23.1 Å². The summed E-state index contributed by atoms with van der Waals surface area (Å²) >= 11 is 3.31. The van der Waals surface area contributed by atoms with Crippen LogP contribution in [0.4, 0.5) is 4.79 Å². The van der Waals surface area contributed by atoms with E-state index in [-0.39, 0.29) is 11.9 Å². The highest BCUT2D eigenvalue weighted by molar-refractivity contribution is 7.98. The van der Waals surface area contributed by atoms with E-state index in [4.69, 9.17) is 0 Å². The third kappa shape index (κ3) is 4.77. The van der Waals surface area contributed by atoms with Gasteiger partial charge in [-0.05, 0) is 54.2 Å². The van der Waals surface area contributed by atoms with Crippen molar-refractivity contribution in [3.8, 4) is 0 Å². The number of nitrogens with one attached hydrogen (secondary N) is 1. The Kier molecular flexibility index (Phi) is 6.39. The smallest absolute Gasteiger partial charge is 0.317 e. The number of carbonyl (C=O) groups excluding carboxylic acids is 1. The molecule has 2 amide bonds. The van der Waals surface area contributed by atoms with Crippen molar-refractivity contribution in [3.05, 3.63) is 52.2 Å². The zero-order valence-corrected chi connectivity index (χ0v) is 16.0. The molecule has 1 atom stereocenters. The number of carbonyl (C=O) groups is 1. The number of likely N-dealkylation sites (tertiary alicyclic amines) is 1. The minimum Gasteiger partial charge on any atom is -0.387 e. The Balaban J connectivity index is 1.44. The van der Waals surface area contributed by atoms with Gasteiger partial charge in [0.1, 0.15) is 0 Å². The van der Waals surface area contributed by atoms with Gasteiger partial charge in [-0.3, -0.25) is 0 Å². The number of benzene rings is 1. The van der Waals surface area contributed by atoms with Crippen LogP contribution in [0.15, 0.2) is 46.7 Å². The van der Waals surface area contributed by atoms with Gasteiger partial charge in [-0.15, -0.1) is 23.1 Å². The van der Waals surface area contributed by atoms with Gasteiger partial charge >= 0.3 is 6.03 Å². The fraction of sp³-hybridized carbons (Fsp3) is 0.421. The molecule has 0 unspecified atom stereocenters. The molecular formula is C19H24N2O2S2. The molecule has 0 spiro atoms. The van der Waals surface area contributed by atoms with E-state index in [1.54, 1.807) is 23.1 Å². The number of urea groups is 1. The summed E-state index contributed by atoms with van der Waals surface area (Å²) in [7, 11) is 0. The second kappa shape index (κ2) is 8.74. The third-order valence-electron chi connectivity index (χ3n) is 4.71. The SMILES string of the molecule is CSc1ccc(CNC(=O)N2CCC([C@H](O)c3cccs3)CC2)cc1. The second-order valence-electron chi connectivity index (χ2n) is 6.29. The lowest BCUT2D eigenvalue weighted by atomic mass is 9.90. The van der Waals surface area contributed by atoms with Crippen LogP contribution in [0.25, 0.3) is 0 Å². The second-order valence-corrected chi connectivity index (χ2v) is 8.15. The van der Waals surface area contributed by atoms with Crippen molar-refractivity contribution >= 4 is 29.1 Å². The van der Waals surface area contributed by atoms with Crippen LogP contribution in [0.3, 0.4) is 0 Å². The zero-order chi connectivity index (χ0) is 17.6. The molecule has 25 heavy (non-hydrogen) atoms. The molecule has 4 nitrogen and oxygen atoms in total. The maximum Gasteiger partial charge on any atom is 0.317 e. The number of aliphatic hydroxyl groups is 1. The molecular weight excluding hydrogens is 352 g/mol. The van der Waals surface area contributed by atoms with E-state index in [2.05, 4.69) is 35.8 Å². The van der Waals surface area contributed by atoms with Gasteiger partial charge in [-0.2, -0.15) is 0 Å². The molecule has 0 bridgehead atoms. The van der Waals surface area contributed by atoms with Crippen molar-refractivity contribution in [2.75, 3.05) is 19.3 Å². The first-order chi connectivity index (χ1) is 12.2. The first-order valence-corrected chi connectivity index (χ1v) is 10.6. The normalized spacial score (nSPS) is 16.6. The van der Waals surface area contributed by atoms with Crippen molar-refractivity contribution in [2.24, 2.45) is 5.92 Å². The van der Waals surface area contributed by atoms with Gasteiger partial charge < -0.3 is 15.3 Å². The lowest BCUT2D eigenvalue weighted by molar-refractivity contribution is 0.0689. The number of thioether (sulfide) groups is 1. The Morgan fingerprint density at radius 2 is 2.04 bits per heavy atom. The number of hydrogen-bond acceptors (Lipinski definition) is 4. The highest BCUT2D eigenvalue weighted by Gasteiger charge is 2.28. The summed E-state index contributed by atoms with van der Waals surface area (Å²) in [5.74, 6) is 0.238. The van der Waals surface area contributed by atoms with Crippen LogP contribution in [0.2, 0.25) is 0 Å². The maximum absolute atomic E-state index is 12.3. The van der Waals surface area contributed by atoms with Crippen molar-refractivity contribution < 1.29 is 9.90 Å². The summed E-state index contributed by atoms with van der Waals surface area (Å²) in [5.41, 5.74) is 1.11. The van der Waals surface area contributed by atoms with Crippen molar-refractivity contribution in [1.82, 2.24) is 10.2 Å². The largest absolute Gasteiger partial charge is 0.387 e. The maximum atomic E-state index is 12.3. The van der Waals surface area contributed by atoms with Gasteiger partial charge in [0.2, 0.25) is 0 Å². The Labute approximate surface area is 157 Å². The predicted molar refractivity (Wildman–Crippen MR) is 104 cm³/mol. The minimum absolute atomic E-state index is 0.0157. The summed E-state index contributed by atoms with van der Waals surface area (Å²) < 4.78 is 0. The van der Waals surface area contributed by atoms with E-state index in [9.17, 15) is 9.90 Å². The van der Waals surface area contributed by atoms with Crippen LogP contribution in [-0.2, 0) is 6.54 Å². The predicted octanol–water partition coefficient (Wildman–Crippen LogP) is 4.13. The van der Waals surface area contributed by atoms with Gasteiger partial charge in [-0.25, -0.2) is 4.79 Å². The first kappa shape index (κ1) is 18.3. The van der Waals surface area contributed by atoms with Crippen molar-refractivity contribution in [2.45, 2.75) is 30.4 Å². The van der Waals surface area contributed by atoms with E-state index in [0.29, 0.717) is 19.6 Å². The molecule has 2 heterocycles. The number of nitrogens with zero attached hydrogens (tertiary/aromatic N) is 1. The molecule has 1 aliphatic heterocycles. The molecule has 1 aromatic carbocycles. The van der Waals surface area contributed by atoms with Crippen molar-refractivity contribution in [3.63, 3.8) is 0 Å². The number of rotatable bonds is 5. The average molecular weight is 377 g/mol. The molecule has 0 saturated carbocycles. The fourth-order valence-corrected chi connectivity index (χ4v) is 4.35. The van der Waals surface area contributed by atoms with Gasteiger partial charge in [-0.1, -0.05) is 18.2 Å². The molecule has 1 aromatic heterocycles. The number of hydrogen-bond donors (Lipinski definition) is 2. The highest BCUT2D eigenvalue weighted by Crippen LogP contribution is 2.32. The van der Waals surface area contributed by atoms with Crippen LogP contribution < -0.4 is 5.32 Å². The summed E-state index contributed by atoms with van der Waals surface area (Å²) in [6.07, 6.45) is 3.33. The molecule has 1 aliphatic rings. The van der Waals surface area contributed by atoms with E-state index < -0.39 is 6.10 Å². The Morgan fingerprint density at radius 3 is 2.64 bits per heavy atom. The minimum atomic E-state index is -0.403. The molecule has 1 saturated heterocycles. The van der Waals surface area contributed by atoms with E-state index in [1.165, 1.54) is 4.90 Å². The van der Waals surface area contributed by atoms with E-state index >= 15 is 0 Å². The molecule has 0 radical (unpaired) electrons. The van der Waals surface area contributed by atoms with Crippen LogP contribution in [-0.4, -0.2) is 35.4 Å². The Morgan fingerprint density at radius 1 is 1.32 bits per heavy atom. The fourth-order valence-electron chi connectivity index (χ4n) is 3.14. The molecule has 2 aromatic rings. The van der Waals surface area contributed by atoms with Gasteiger partial charge in [0.15, 0.2) is 0 Å². The standard InChI is InChI=1S/C19H24N2O2S2/c1-24-16-6-4-14(5-7-16)13-20-19(23)21-10-8-15(9-11-21)18(22)17-3-2-12-25-17/h2-7,12,15,18,22H,8-11,13H2,1H3,(H,20,23)/t18-/m0/s1. The zero-order valence-electron chi connectivity index (χ0n) is 14.4. The summed E-state index contributed by atoms with van der Waals surface area (Å²) in [6.45, 7) is 1.94. The molecule has 0 aliphatic carbocycles. The summed E-state index contributed by atoms with van der Waals surface area (Å²) in [5, 5.41) is 15.4. The molecule has 2 N–H and O–H groups in total. The third-order valence-corrected chi connectivity index (χ3v) is 6.40. The monoisotopic (exact) mass is 376 g/mol. The van der Waals surface area contributed by atoms with Crippen LogP contribution in [0.1, 0.15) is 29.4 Å². The molecule has 1 fully saturated rings. The molecule has 3 rings (SSSR count). The Bertz CT molecular complexity index is 665.